The molecule has 0 aromatic heterocycles. The second-order valence-corrected chi connectivity index (χ2v) is 10.4. The number of carbonyl (C=O) groups is 2. The Morgan fingerprint density at radius 3 is 2.11 bits per heavy atom. The van der Waals surface area contributed by atoms with E-state index in [4.69, 9.17) is 0 Å². The van der Waals surface area contributed by atoms with Crippen LogP contribution in [0.3, 0.4) is 0 Å². The highest BCUT2D eigenvalue weighted by Gasteiger charge is 2.32. The number of aryl methyl sites for hydroxylation is 2. The van der Waals surface area contributed by atoms with Crippen LogP contribution in [0.4, 0.5) is 11.4 Å². The third-order valence-electron chi connectivity index (χ3n) is 8.05. The van der Waals surface area contributed by atoms with Gasteiger partial charge in [-0.15, -0.1) is 0 Å². The van der Waals surface area contributed by atoms with E-state index in [0.717, 1.165) is 81.8 Å². The minimum atomic E-state index is -0.0661. The van der Waals surface area contributed by atoms with Crippen molar-refractivity contribution in [2.45, 2.75) is 59.4 Å². The zero-order valence-electron chi connectivity index (χ0n) is 22.4. The molecule has 6 heteroatoms. The van der Waals surface area contributed by atoms with Crippen LogP contribution in [-0.4, -0.2) is 66.9 Å². The molecule has 6 nitrogen and oxygen atoms in total. The van der Waals surface area contributed by atoms with Crippen molar-refractivity contribution in [2.24, 2.45) is 5.92 Å². The van der Waals surface area contributed by atoms with Crippen molar-refractivity contribution < 1.29 is 9.59 Å². The van der Waals surface area contributed by atoms with Crippen molar-refractivity contribution in [1.29, 1.82) is 0 Å². The molecule has 1 N–H and O–H groups in total. The third-order valence-corrected chi connectivity index (χ3v) is 8.05. The molecule has 2 amide bonds. The van der Waals surface area contributed by atoms with Crippen LogP contribution in [0.2, 0.25) is 0 Å². The molecule has 0 aliphatic carbocycles. The summed E-state index contributed by atoms with van der Waals surface area (Å²) in [6.45, 7) is 13.9. The fourth-order valence-electron chi connectivity index (χ4n) is 5.82. The van der Waals surface area contributed by atoms with Crippen molar-refractivity contribution in [3.63, 3.8) is 0 Å². The second-order valence-electron chi connectivity index (χ2n) is 10.4. The predicted molar refractivity (Wildman–Crippen MR) is 148 cm³/mol. The second kappa shape index (κ2) is 11.9. The summed E-state index contributed by atoms with van der Waals surface area (Å²) in [6.07, 6.45) is 4.29. The molecule has 4 rings (SSSR count). The van der Waals surface area contributed by atoms with Crippen molar-refractivity contribution in [1.82, 2.24) is 9.80 Å². The molecule has 194 valence electrons. The van der Waals surface area contributed by atoms with Crippen molar-refractivity contribution in [2.75, 3.05) is 49.5 Å². The number of carbonyl (C=O) groups excluding carboxylic acids is 2. The summed E-state index contributed by atoms with van der Waals surface area (Å²) in [7, 11) is 0. The summed E-state index contributed by atoms with van der Waals surface area (Å²) < 4.78 is 0. The van der Waals surface area contributed by atoms with Gasteiger partial charge in [0.2, 0.25) is 5.91 Å². The molecule has 2 aliphatic rings. The molecule has 2 saturated heterocycles. The van der Waals surface area contributed by atoms with E-state index in [1.54, 1.807) is 0 Å². The van der Waals surface area contributed by atoms with E-state index in [1.807, 2.05) is 49.1 Å². The van der Waals surface area contributed by atoms with Crippen LogP contribution in [0.15, 0.2) is 42.5 Å². The van der Waals surface area contributed by atoms with E-state index in [1.165, 1.54) is 5.69 Å². The van der Waals surface area contributed by atoms with Gasteiger partial charge in [0.05, 0.1) is 0 Å². The zero-order chi connectivity index (χ0) is 25.7. The van der Waals surface area contributed by atoms with Crippen LogP contribution >= 0.6 is 0 Å². The molecule has 2 heterocycles. The minimum absolute atomic E-state index is 0.0661. The maximum Gasteiger partial charge on any atom is 0.255 e. The van der Waals surface area contributed by atoms with Crippen molar-refractivity contribution >= 4 is 23.2 Å². The Morgan fingerprint density at radius 2 is 1.53 bits per heavy atom. The lowest BCUT2D eigenvalue weighted by Gasteiger charge is -2.42. The number of hydrogen-bond acceptors (Lipinski definition) is 4. The van der Waals surface area contributed by atoms with E-state index >= 15 is 0 Å². The molecule has 0 saturated carbocycles. The smallest absolute Gasteiger partial charge is 0.255 e. The molecule has 2 aromatic carbocycles. The number of amides is 2. The Bertz CT molecular complexity index is 1030. The highest BCUT2D eigenvalue weighted by Crippen LogP contribution is 2.28. The van der Waals surface area contributed by atoms with Gasteiger partial charge in [-0.25, -0.2) is 0 Å². The van der Waals surface area contributed by atoms with Gasteiger partial charge in [0.15, 0.2) is 0 Å². The van der Waals surface area contributed by atoms with Gasteiger partial charge < -0.3 is 20.0 Å². The molecule has 0 spiro atoms. The van der Waals surface area contributed by atoms with Crippen LogP contribution in [0.25, 0.3) is 0 Å². The SMILES string of the molecule is CCN(CC)C(=O)C1CCN(C2CCN(c3ccc(NC(=O)c4ccc(C)cc4C)cc3)CC2)CC1. The van der Waals surface area contributed by atoms with Gasteiger partial charge in [0, 0.05) is 55.1 Å². The van der Waals surface area contributed by atoms with Crippen LogP contribution in [-0.2, 0) is 4.79 Å². The highest BCUT2D eigenvalue weighted by molar-refractivity contribution is 6.05. The Balaban J connectivity index is 1.25. The fraction of sp³-hybridized carbons (Fsp3) is 0.533. The van der Waals surface area contributed by atoms with Crippen molar-refractivity contribution in [3.8, 4) is 0 Å². The Labute approximate surface area is 216 Å². The van der Waals surface area contributed by atoms with Crippen LogP contribution in [0, 0.1) is 19.8 Å². The third kappa shape index (κ3) is 6.09. The maximum atomic E-state index is 12.7. The van der Waals surface area contributed by atoms with Gasteiger partial charge in [-0.05, 0) is 102 Å². The quantitative estimate of drug-likeness (QED) is 0.586. The lowest BCUT2D eigenvalue weighted by atomic mass is 9.92. The van der Waals surface area contributed by atoms with Crippen LogP contribution in [0.5, 0.6) is 0 Å². The van der Waals surface area contributed by atoms with Crippen molar-refractivity contribution in [3.05, 3.63) is 59.2 Å². The Hall–Kier alpha value is -2.86. The molecule has 0 bridgehead atoms. The van der Waals surface area contributed by atoms with Gasteiger partial charge in [-0.3, -0.25) is 9.59 Å². The molecule has 2 aliphatic heterocycles. The Morgan fingerprint density at radius 1 is 0.889 bits per heavy atom. The number of rotatable bonds is 7. The van der Waals surface area contributed by atoms with Gasteiger partial charge in [-0.2, -0.15) is 0 Å². The first kappa shape index (κ1) is 26.2. The van der Waals surface area contributed by atoms with Gasteiger partial charge in [-0.1, -0.05) is 17.7 Å². The number of benzene rings is 2. The molecule has 36 heavy (non-hydrogen) atoms. The predicted octanol–water partition coefficient (Wildman–Crippen LogP) is 5.10. The minimum Gasteiger partial charge on any atom is -0.371 e. The number of piperidine rings is 2. The summed E-state index contributed by atoms with van der Waals surface area (Å²) in [5, 5.41) is 3.03. The lowest BCUT2D eigenvalue weighted by Crippen LogP contribution is -2.49. The average Bonchev–Trinajstić information content (AvgIpc) is 2.90. The highest BCUT2D eigenvalue weighted by atomic mass is 16.2. The first-order chi connectivity index (χ1) is 17.4. The largest absolute Gasteiger partial charge is 0.371 e. The lowest BCUT2D eigenvalue weighted by molar-refractivity contribution is -0.136. The number of nitrogens with one attached hydrogen (secondary N) is 1. The van der Waals surface area contributed by atoms with E-state index < -0.39 is 0 Å². The van der Waals surface area contributed by atoms with E-state index in [9.17, 15) is 9.59 Å². The van der Waals surface area contributed by atoms with Gasteiger partial charge in [0.1, 0.15) is 0 Å². The zero-order valence-corrected chi connectivity index (χ0v) is 22.4. The molecule has 0 unspecified atom stereocenters. The van der Waals surface area contributed by atoms with Gasteiger partial charge in [0.25, 0.3) is 5.91 Å². The maximum absolute atomic E-state index is 12.7. The molecule has 0 radical (unpaired) electrons. The number of nitrogens with zero attached hydrogens (tertiary/aromatic N) is 3. The summed E-state index contributed by atoms with van der Waals surface area (Å²) in [5.74, 6) is 0.488. The topological polar surface area (TPSA) is 55.9 Å². The summed E-state index contributed by atoms with van der Waals surface area (Å²) in [5.41, 5.74) is 4.90. The number of hydrogen-bond donors (Lipinski definition) is 1. The fourth-order valence-corrected chi connectivity index (χ4v) is 5.82. The first-order valence-corrected chi connectivity index (χ1v) is 13.7. The first-order valence-electron chi connectivity index (χ1n) is 13.7. The number of anilines is 2. The normalized spacial score (nSPS) is 17.7. The summed E-state index contributed by atoms with van der Waals surface area (Å²) >= 11 is 0. The molecule has 0 atom stereocenters. The summed E-state index contributed by atoms with van der Waals surface area (Å²) in [6, 6.07) is 14.7. The number of likely N-dealkylation sites (tertiary alicyclic amines) is 1. The molecule has 2 fully saturated rings. The monoisotopic (exact) mass is 490 g/mol. The van der Waals surface area contributed by atoms with E-state index in [2.05, 4.69) is 41.1 Å². The molecular weight excluding hydrogens is 448 g/mol. The Kier molecular flexibility index (Phi) is 8.68. The van der Waals surface area contributed by atoms with Crippen LogP contribution in [0.1, 0.15) is 61.0 Å². The van der Waals surface area contributed by atoms with Gasteiger partial charge >= 0.3 is 0 Å². The molecular formula is C30H42N4O2. The van der Waals surface area contributed by atoms with E-state index in [-0.39, 0.29) is 11.8 Å². The standard InChI is InChI=1S/C30H42N4O2/c1-5-32(6-2)30(36)24-13-17-33(18-14-24)27-15-19-34(20-16-27)26-10-8-25(9-11-26)31-29(35)28-12-7-22(3)21-23(28)4/h7-12,21,24,27H,5-6,13-20H2,1-4H3,(H,31,35). The summed E-state index contributed by atoms with van der Waals surface area (Å²) in [4.78, 5) is 32.4. The van der Waals surface area contributed by atoms with E-state index in [0.29, 0.717) is 17.5 Å². The average molecular weight is 491 g/mol. The van der Waals surface area contributed by atoms with Crippen LogP contribution < -0.4 is 10.2 Å². The molecule has 2 aromatic rings.